The van der Waals surface area contributed by atoms with E-state index in [-0.39, 0.29) is 36.9 Å². The Hall–Kier alpha value is -2.81. The summed E-state index contributed by atoms with van der Waals surface area (Å²) in [5.41, 5.74) is 1.75. The number of aliphatic hydroxyl groups excluding tert-OH is 2. The van der Waals surface area contributed by atoms with Gasteiger partial charge in [0.2, 0.25) is 0 Å². The van der Waals surface area contributed by atoms with Crippen LogP contribution in [0.3, 0.4) is 0 Å². The highest BCUT2D eigenvalue weighted by molar-refractivity contribution is 5.79. The monoisotopic (exact) mass is 447 g/mol. The summed E-state index contributed by atoms with van der Waals surface area (Å²) in [5.74, 6) is 0.697. The summed E-state index contributed by atoms with van der Waals surface area (Å²) < 4.78 is 10.6. The van der Waals surface area contributed by atoms with Crippen molar-refractivity contribution >= 4 is 5.78 Å². The number of ether oxygens (including phenoxy) is 2. The third kappa shape index (κ3) is 8.74. The van der Waals surface area contributed by atoms with Crippen LogP contribution in [0.25, 0.3) is 0 Å². The number of aliphatic hydroxyl groups is 2. The second kappa shape index (κ2) is 12.9. The van der Waals surface area contributed by atoms with Gasteiger partial charge in [-0.05, 0) is 61.6 Å². The number of aryl methyl sites for hydroxylation is 2. The number of methoxy groups -OCH3 is 1. The number of rotatable bonds is 14. The quantitative estimate of drug-likeness (QED) is 0.220. The highest BCUT2D eigenvalue weighted by Crippen LogP contribution is 2.28. The van der Waals surface area contributed by atoms with Crippen LogP contribution in [-0.2, 0) is 17.6 Å². The van der Waals surface area contributed by atoms with Gasteiger partial charge in [0.05, 0.1) is 19.3 Å². The van der Waals surface area contributed by atoms with E-state index in [1.807, 2.05) is 0 Å². The number of benzene rings is 2. The van der Waals surface area contributed by atoms with Crippen LogP contribution in [0.2, 0.25) is 0 Å². The smallest absolute Gasteiger partial charge is 0.163 e. The number of carbonyl (C=O) groups is 1. The number of phenolic OH excluding ortho intramolecular Hbond substituents is 2. The summed E-state index contributed by atoms with van der Waals surface area (Å²) in [6.07, 6.45) is 0.556. The largest absolute Gasteiger partial charge is 0.504 e. The van der Waals surface area contributed by atoms with Gasteiger partial charge in [0.1, 0.15) is 12.5 Å². The van der Waals surface area contributed by atoms with Gasteiger partial charge in [-0.2, -0.15) is 0 Å². The SMILES string of the molecule is COc1cc(CC[C@H](O)CC(=O)CCc2ccc(O)c(OCNC[C@H](C)O)c2)ccc1O. The molecule has 32 heavy (non-hydrogen) atoms. The third-order valence-corrected chi connectivity index (χ3v) is 4.96. The number of nitrogens with one attached hydrogen (secondary N) is 1. The molecule has 176 valence electrons. The first-order valence-electron chi connectivity index (χ1n) is 10.7. The fraction of sp³-hybridized carbons (Fsp3) is 0.458. The van der Waals surface area contributed by atoms with Gasteiger partial charge in [-0.25, -0.2) is 0 Å². The van der Waals surface area contributed by atoms with E-state index >= 15 is 0 Å². The van der Waals surface area contributed by atoms with Crippen LogP contribution < -0.4 is 14.8 Å². The molecule has 2 aromatic rings. The van der Waals surface area contributed by atoms with Gasteiger partial charge in [-0.3, -0.25) is 10.1 Å². The molecule has 2 rings (SSSR count). The summed E-state index contributed by atoms with van der Waals surface area (Å²) in [7, 11) is 1.48. The molecule has 0 aromatic heterocycles. The van der Waals surface area contributed by atoms with Crippen LogP contribution in [0, 0.1) is 0 Å². The van der Waals surface area contributed by atoms with Crippen molar-refractivity contribution in [1.29, 1.82) is 0 Å². The molecule has 0 saturated heterocycles. The molecule has 0 saturated carbocycles. The summed E-state index contributed by atoms with van der Waals surface area (Å²) in [4.78, 5) is 12.3. The minimum atomic E-state index is -0.749. The molecule has 0 heterocycles. The lowest BCUT2D eigenvalue weighted by Crippen LogP contribution is -2.28. The molecule has 0 radical (unpaired) electrons. The second-order valence-corrected chi connectivity index (χ2v) is 7.84. The van der Waals surface area contributed by atoms with Gasteiger partial charge in [-0.15, -0.1) is 0 Å². The first-order chi connectivity index (χ1) is 15.3. The van der Waals surface area contributed by atoms with Crippen molar-refractivity contribution in [1.82, 2.24) is 5.32 Å². The van der Waals surface area contributed by atoms with Gasteiger partial charge in [-0.1, -0.05) is 12.1 Å². The Morgan fingerprint density at radius 1 is 1.00 bits per heavy atom. The first-order valence-corrected chi connectivity index (χ1v) is 10.7. The molecular weight excluding hydrogens is 414 g/mol. The molecule has 0 bridgehead atoms. The Labute approximate surface area is 188 Å². The van der Waals surface area contributed by atoms with E-state index in [9.17, 15) is 25.2 Å². The van der Waals surface area contributed by atoms with Crippen LogP contribution >= 0.6 is 0 Å². The zero-order valence-electron chi connectivity index (χ0n) is 18.6. The molecule has 5 N–H and O–H groups in total. The Morgan fingerprint density at radius 3 is 2.28 bits per heavy atom. The fourth-order valence-corrected chi connectivity index (χ4v) is 3.19. The topological polar surface area (TPSA) is 128 Å². The molecule has 2 atom stereocenters. The van der Waals surface area contributed by atoms with Crippen LogP contribution in [0.15, 0.2) is 36.4 Å². The zero-order valence-corrected chi connectivity index (χ0v) is 18.6. The molecule has 8 nitrogen and oxygen atoms in total. The lowest BCUT2D eigenvalue weighted by molar-refractivity contribution is -0.121. The number of hydrogen-bond donors (Lipinski definition) is 5. The molecular formula is C24H33NO7. The van der Waals surface area contributed by atoms with Gasteiger partial charge in [0.15, 0.2) is 23.0 Å². The second-order valence-electron chi connectivity index (χ2n) is 7.84. The third-order valence-electron chi connectivity index (χ3n) is 4.96. The normalized spacial score (nSPS) is 12.9. The Balaban J connectivity index is 1.76. The molecule has 0 aliphatic rings. The molecule has 0 fully saturated rings. The van der Waals surface area contributed by atoms with Gasteiger partial charge >= 0.3 is 0 Å². The number of carbonyl (C=O) groups excluding carboxylic acids is 1. The number of aromatic hydroxyl groups is 2. The summed E-state index contributed by atoms with van der Waals surface area (Å²) in [5, 5.41) is 41.9. The predicted octanol–water partition coefficient (Wildman–Crippen LogP) is 2.30. The lowest BCUT2D eigenvalue weighted by Gasteiger charge is -2.12. The Kier molecular flexibility index (Phi) is 10.3. The van der Waals surface area contributed by atoms with Gasteiger partial charge < -0.3 is 29.9 Å². The molecule has 0 unspecified atom stereocenters. The molecule has 2 aromatic carbocycles. The molecule has 0 spiro atoms. The van der Waals surface area contributed by atoms with E-state index in [0.717, 1.165) is 11.1 Å². The molecule has 0 amide bonds. The summed E-state index contributed by atoms with van der Waals surface area (Å²) in [6, 6.07) is 9.95. The zero-order chi connectivity index (χ0) is 23.5. The number of ketones is 1. The van der Waals surface area contributed by atoms with E-state index in [0.29, 0.717) is 37.3 Å². The van der Waals surface area contributed by atoms with E-state index < -0.39 is 12.2 Å². The van der Waals surface area contributed by atoms with Crippen molar-refractivity contribution in [2.24, 2.45) is 0 Å². The van der Waals surface area contributed by atoms with Crippen molar-refractivity contribution in [2.75, 3.05) is 20.4 Å². The summed E-state index contributed by atoms with van der Waals surface area (Å²) >= 11 is 0. The standard InChI is InChI=1S/C24H33NO7/c1-16(26)14-25-15-32-24-12-18(6-10-22(24)30)4-8-20(28)13-19(27)7-3-17-5-9-21(29)23(11-17)31-2/h5-6,9-12,16,19,25-27,29-30H,3-4,7-8,13-15H2,1-2H3/t16-,19-/m0/s1. The first kappa shape index (κ1) is 25.5. The van der Waals surface area contributed by atoms with Crippen molar-refractivity contribution in [2.45, 2.75) is 51.2 Å². The van der Waals surface area contributed by atoms with Crippen LogP contribution in [0.5, 0.6) is 23.0 Å². The van der Waals surface area contributed by atoms with E-state index in [1.165, 1.54) is 13.2 Å². The maximum absolute atomic E-state index is 12.3. The Bertz CT molecular complexity index is 869. The van der Waals surface area contributed by atoms with Crippen LogP contribution in [0.1, 0.15) is 37.3 Å². The average molecular weight is 448 g/mol. The Morgan fingerprint density at radius 2 is 1.62 bits per heavy atom. The minimum Gasteiger partial charge on any atom is -0.504 e. The minimum absolute atomic E-state index is 0.000192. The van der Waals surface area contributed by atoms with Gasteiger partial charge in [0, 0.05) is 19.4 Å². The van der Waals surface area contributed by atoms with Crippen molar-refractivity contribution in [3.05, 3.63) is 47.5 Å². The number of Topliss-reactive ketones (excluding diaryl/α,β-unsaturated/α-hetero) is 1. The van der Waals surface area contributed by atoms with Crippen LogP contribution in [0.4, 0.5) is 0 Å². The van der Waals surface area contributed by atoms with Crippen molar-refractivity contribution in [3.8, 4) is 23.0 Å². The molecule has 0 aliphatic heterocycles. The number of phenols is 2. The molecule has 8 heteroatoms. The fourth-order valence-electron chi connectivity index (χ4n) is 3.19. The predicted molar refractivity (Wildman–Crippen MR) is 120 cm³/mol. The average Bonchev–Trinajstić information content (AvgIpc) is 2.76. The van der Waals surface area contributed by atoms with E-state index in [4.69, 9.17) is 9.47 Å². The van der Waals surface area contributed by atoms with Crippen molar-refractivity contribution in [3.63, 3.8) is 0 Å². The maximum atomic E-state index is 12.3. The molecule has 0 aliphatic carbocycles. The number of hydrogen-bond acceptors (Lipinski definition) is 8. The van der Waals surface area contributed by atoms with Crippen molar-refractivity contribution < 1.29 is 34.7 Å². The highest BCUT2D eigenvalue weighted by Gasteiger charge is 2.13. The highest BCUT2D eigenvalue weighted by atomic mass is 16.5. The summed E-state index contributed by atoms with van der Waals surface area (Å²) in [6.45, 7) is 2.17. The van der Waals surface area contributed by atoms with Gasteiger partial charge in [0.25, 0.3) is 0 Å². The lowest BCUT2D eigenvalue weighted by atomic mass is 10.00. The van der Waals surface area contributed by atoms with E-state index in [2.05, 4.69) is 5.32 Å². The van der Waals surface area contributed by atoms with E-state index in [1.54, 1.807) is 37.3 Å². The van der Waals surface area contributed by atoms with Crippen LogP contribution in [-0.4, -0.2) is 58.8 Å². The maximum Gasteiger partial charge on any atom is 0.163 e.